The lowest BCUT2D eigenvalue weighted by Crippen LogP contribution is -2.54. The quantitative estimate of drug-likeness (QED) is 0.214. The van der Waals surface area contributed by atoms with Gasteiger partial charge in [-0.15, -0.1) is 0 Å². The number of methoxy groups -OCH3 is 1. The zero-order valence-electron chi connectivity index (χ0n) is 23.8. The molecule has 0 spiro atoms. The number of hydrogen-bond donors (Lipinski definition) is 4. The van der Waals surface area contributed by atoms with Crippen LogP contribution in [0.2, 0.25) is 10.0 Å². The predicted octanol–water partition coefficient (Wildman–Crippen LogP) is 3.80. The molecule has 0 aliphatic heterocycles. The van der Waals surface area contributed by atoms with Gasteiger partial charge in [0.15, 0.2) is 11.5 Å². The van der Waals surface area contributed by atoms with Crippen LogP contribution in [0.4, 0.5) is 0 Å². The lowest BCUT2D eigenvalue weighted by molar-refractivity contribution is -0.139. The molecule has 1 aliphatic carbocycles. The van der Waals surface area contributed by atoms with E-state index in [0.29, 0.717) is 36.9 Å². The summed E-state index contributed by atoms with van der Waals surface area (Å²) in [7, 11) is 1.44. The molecule has 43 heavy (non-hydrogen) atoms. The van der Waals surface area contributed by atoms with Crippen molar-refractivity contribution in [1.29, 1.82) is 0 Å². The van der Waals surface area contributed by atoms with Gasteiger partial charge in [0.05, 0.1) is 29.9 Å². The molecule has 3 atom stereocenters. The molecule has 2 aromatic carbocycles. The van der Waals surface area contributed by atoms with E-state index in [2.05, 4.69) is 5.32 Å². The molecule has 0 bridgehead atoms. The number of aliphatic hydroxyl groups excluding tert-OH is 3. The Bertz CT molecular complexity index is 1360. The van der Waals surface area contributed by atoms with E-state index in [0.717, 1.165) is 0 Å². The molecule has 2 amide bonds. The Morgan fingerprint density at radius 3 is 2.51 bits per heavy atom. The fourth-order valence-corrected chi connectivity index (χ4v) is 6.01. The van der Waals surface area contributed by atoms with Gasteiger partial charge in [-0.3, -0.25) is 9.59 Å². The third-order valence-corrected chi connectivity index (χ3v) is 8.32. The first-order valence-electron chi connectivity index (χ1n) is 13.6. The van der Waals surface area contributed by atoms with E-state index in [1.807, 2.05) is 22.6 Å². The van der Waals surface area contributed by atoms with E-state index in [-0.39, 0.29) is 68.6 Å². The van der Waals surface area contributed by atoms with E-state index < -0.39 is 24.2 Å². The van der Waals surface area contributed by atoms with Crippen LogP contribution in [-0.4, -0.2) is 76.3 Å². The lowest BCUT2D eigenvalue weighted by atomic mass is 9.87. The number of nitrogens with one attached hydrogen (secondary N) is 1. The standard InChI is InChI=1S/C30H35Cl2IN2O8/c1-17(38)4-3-5-27(39)35(15-19-6-7-21(31)14-22(19)32)24-12-20(30(41)34-8-9-36)13-25(28(24)40)43-29-23(33)10-18(16-37)11-26(29)42-2/h6-7,10-11,13-14,24-25,28,36-37,40H,3-5,8-9,12,15-16H2,1-2H3,(H,34,41). The van der Waals surface area contributed by atoms with Gasteiger partial charge in [0.2, 0.25) is 11.8 Å². The van der Waals surface area contributed by atoms with E-state index in [1.54, 1.807) is 30.3 Å². The van der Waals surface area contributed by atoms with Crippen LogP contribution in [0.1, 0.15) is 43.7 Å². The number of benzene rings is 2. The highest BCUT2D eigenvalue weighted by molar-refractivity contribution is 14.1. The molecule has 3 rings (SSSR count). The molecule has 0 saturated heterocycles. The largest absolute Gasteiger partial charge is 0.493 e. The molecule has 2 aromatic rings. The second-order valence-corrected chi connectivity index (χ2v) is 12.1. The molecule has 1 aliphatic rings. The van der Waals surface area contributed by atoms with Gasteiger partial charge in [-0.1, -0.05) is 29.3 Å². The first-order chi connectivity index (χ1) is 20.5. The van der Waals surface area contributed by atoms with Gasteiger partial charge in [-0.25, -0.2) is 0 Å². The zero-order chi connectivity index (χ0) is 31.7. The smallest absolute Gasteiger partial charge is 0.247 e. The second-order valence-electron chi connectivity index (χ2n) is 10.1. The Morgan fingerprint density at radius 1 is 1.14 bits per heavy atom. The molecular formula is C30H35Cl2IN2O8. The number of carbonyl (C=O) groups is 3. The minimum atomic E-state index is -1.30. The van der Waals surface area contributed by atoms with Crippen molar-refractivity contribution in [2.45, 2.75) is 64.0 Å². The van der Waals surface area contributed by atoms with Crippen LogP contribution in [0.3, 0.4) is 0 Å². The highest BCUT2D eigenvalue weighted by Crippen LogP contribution is 2.37. The molecule has 0 heterocycles. The van der Waals surface area contributed by atoms with Crippen LogP contribution in [-0.2, 0) is 27.5 Å². The minimum absolute atomic E-state index is 0.000938. The molecule has 0 fully saturated rings. The van der Waals surface area contributed by atoms with E-state index in [4.69, 9.17) is 32.7 Å². The van der Waals surface area contributed by atoms with E-state index in [1.165, 1.54) is 25.0 Å². The summed E-state index contributed by atoms with van der Waals surface area (Å²) in [5, 5.41) is 33.9. The average molecular weight is 749 g/mol. The average Bonchev–Trinajstić information content (AvgIpc) is 2.97. The topological polar surface area (TPSA) is 146 Å². The first-order valence-corrected chi connectivity index (χ1v) is 15.5. The van der Waals surface area contributed by atoms with Crippen molar-refractivity contribution in [3.63, 3.8) is 0 Å². The summed E-state index contributed by atoms with van der Waals surface area (Å²) < 4.78 is 12.4. The van der Waals surface area contributed by atoms with Gasteiger partial charge >= 0.3 is 0 Å². The Balaban J connectivity index is 2.05. The van der Waals surface area contributed by atoms with Crippen molar-refractivity contribution in [2.75, 3.05) is 20.3 Å². The van der Waals surface area contributed by atoms with E-state index >= 15 is 0 Å². The molecule has 0 aromatic heterocycles. The first kappa shape index (κ1) is 35.1. The number of nitrogens with zero attached hydrogens (tertiary/aromatic N) is 1. The van der Waals surface area contributed by atoms with Crippen LogP contribution in [0.15, 0.2) is 42.0 Å². The Hall–Kier alpha value is -2.42. The van der Waals surface area contributed by atoms with Crippen molar-refractivity contribution < 1.29 is 39.2 Å². The number of halogens is 3. The molecular weight excluding hydrogens is 714 g/mol. The van der Waals surface area contributed by atoms with Gasteiger partial charge in [-0.05, 0) is 77.4 Å². The number of ketones is 1. The monoisotopic (exact) mass is 748 g/mol. The highest BCUT2D eigenvalue weighted by atomic mass is 127. The Morgan fingerprint density at radius 2 is 1.88 bits per heavy atom. The molecule has 3 unspecified atom stereocenters. The summed E-state index contributed by atoms with van der Waals surface area (Å²) in [4.78, 5) is 39.8. The summed E-state index contributed by atoms with van der Waals surface area (Å²) in [6, 6.07) is 7.26. The molecule has 0 saturated carbocycles. The summed E-state index contributed by atoms with van der Waals surface area (Å²) in [6.45, 7) is 0.975. The summed E-state index contributed by atoms with van der Waals surface area (Å²) in [5.74, 6) is -0.267. The fourth-order valence-electron chi connectivity index (χ4n) is 4.75. The Labute approximate surface area is 274 Å². The lowest BCUT2D eigenvalue weighted by Gasteiger charge is -2.41. The number of rotatable bonds is 14. The van der Waals surface area contributed by atoms with Crippen molar-refractivity contribution in [2.24, 2.45) is 0 Å². The van der Waals surface area contributed by atoms with Crippen LogP contribution in [0.5, 0.6) is 11.5 Å². The van der Waals surface area contributed by atoms with Crippen molar-refractivity contribution in [3.8, 4) is 11.5 Å². The van der Waals surface area contributed by atoms with Crippen LogP contribution < -0.4 is 14.8 Å². The number of ether oxygens (including phenoxy) is 2. The number of hydrogen-bond acceptors (Lipinski definition) is 8. The van der Waals surface area contributed by atoms with Crippen LogP contribution in [0.25, 0.3) is 0 Å². The molecule has 4 N–H and O–H groups in total. The fraction of sp³-hybridized carbons (Fsp3) is 0.433. The van der Waals surface area contributed by atoms with Crippen LogP contribution in [0, 0.1) is 3.57 Å². The van der Waals surface area contributed by atoms with Gasteiger partial charge < -0.3 is 39.8 Å². The van der Waals surface area contributed by atoms with Crippen molar-refractivity contribution in [1.82, 2.24) is 10.2 Å². The third kappa shape index (κ3) is 9.53. The Kier molecular flexibility index (Phi) is 13.5. The van der Waals surface area contributed by atoms with Gasteiger partial charge in [0.25, 0.3) is 0 Å². The maximum atomic E-state index is 13.7. The highest BCUT2D eigenvalue weighted by Gasteiger charge is 2.41. The predicted molar refractivity (Wildman–Crippen MR) is 170 cm³/mol. The second kappa shape index (κ2) is 16.6. The summed E-state index contributed by atoms with van der Waals surface area (Å²) >= 11 is 14.6. The van der Waals surface area contributed by atoms with Crippen molar-refractivity contribution >= 4 is 63.4 Å². The van der Waals surface area contributed by atoms with E-state index in [9.17, 15) is 29.7 Å². The number of Topliss-reactive ketones (excluding diaryl/α,β-unsaturated/α-hetero) is 1. The number of aliphatic hydroxyl groups is 3. The molecule has 13 heteroatoms. The van der Waals surface area contributed by atoms with Crippen molar-refractivity contribution in [3.05, 3.63) is 66.7 Å². The summed E-state index contributed by atoms with van der Waals surface area (Å²) in [6.07, 6.45) is -0.342. The summed E-state index contributed by atoms with van der Waals surface area (Å²) in [5.41, 5.74) is 1.42. The van der Waals surface area contributed by atoms with Crippen LogP contribution >= 0.6 is 45.8 Å². The third-order valence-electron chi connectivity index (χ3n) is 6.94. The molecule has 0 radical (unpaired) electrons. The minimum Gasteiger partial charge on any atom is -0.493 e. The zero-order valence-corrected chi connectivity index (χ0v) is 27.5. The normalized spacial score (nSPS) is 18.0. The molecule has 10 nitrogen and oxygen atoms in total. The maximum absolute atomic E-state index is 13.7. The van der Waals surface area contributed by atoms with Gasteiger partial charge in [0, 0.05) is 48.0 Å². The molecule has 234 valence electrons. The SMILES string of the molecule is COc1cc(CO)cc(I)c1OC1C=C(C(=O)NCCO)CC(N(Cc2ccc(Cl)cc2Cl)C(=O)CCCC(C)=O)C1O. The number of carbonyl (C=O) groups excluding carboxylic acids is 3. The van der Waals surface area contributed by atoms with Gasteiger partial charge in [-0.2, -0.15) is 0 Å². The maximum Gasteiger partial charge on any atom is 0.247 e. The number of amides is 2. The van der Waals surface area contributed by atoms with Gasteiger partial charge in [0.1, 0.15) is 18.0 Å².